The summed E-state index contributed by atoms with van der Waals surface area (Å²) in [6.45, 7) is 0. The summed E-state index contributed by atoms with van der Waals surface area (Å²) in [7, 11) is 1.57. The lowest BCUT2D eigenvalue weighted by Gasteiger charge is -2.13. The van der Waals surface area contributed by atoms with Gasteiger partial charge in [0.2, 0.25) is 0 Å². The van der Waals surface area contributed by atoms with Crippen LogP contribution in [0.5, 0.6) is 5.75 Å². The SMILES string of the molecule is COc1ccccc1NC(=S)NNC(=O)c1cccnc1. The summed E-state index contributed by atoms with van der Waals surface area (Å²) in [5, 5.41) is 3.18. The first-order valence-corrected chi connectivity index (χ1v) is 6.52. The monoisotopic (exact) mass is 302 g/mol. The Balaban J connectivity index is 1.89. The second kappa shape index (κ2) is 7.20. The molecule has 108 valence electrons. The number of hydrogen-bond donors (Lipinski definition) is 3. The van der Waals surface area contributed by atoms with E-state index in [1.165, 1.54) is 6.20 Å². The molecule has 0 radical (unpaired) electrons. The average molecular weight is 302 g/mol. The van der Waals surface area contributed by atoms with Crippen LogP contribution in [0.15, 0.2) is 48.8 Å². The number of carbonyl (C=O) groups excluding carboxylic acids is 1. The quantitative estimate of drug-likeness (QED) is 0.592. The van der Waals surface area contributed by atoms with Gasteiger partial charge in [0.15, 0.2) is 5.11 Å². The van der Waals surface area contributed by atoms with Crippen molar-refractivity contribution in [1.29, 1.82) is 0 Å². The summed E-state index contributed by atoms with van der Waals surface area (Å²) in [6, 6.07) is 10.7. The van der Waals surface area contributed by atoms with Crippen LogP contribution in [0, 0.1) is 0 Å². The average Bonchev–Trinajstić information content (AvgIpc) is 2.54. The molecule has 7 heteroatoms. The number of methoxy groups -OCH3 is 1. The summed E-state index contributed by atoms with van der Waals surface area (Å²) < 4.78 is 5.20. The van der Waals surface area contributed by atoms with E-state index in [1.807, 2.05) is 18.2 Å². The predicted octanol–water partition coefficient (Wildman–Crippen LogP) is 1.72. The number of thiocarbonyl (C=S) groups is 1. The number of carbonyl (C=O) groups is 1. The normalized spacial score (nSPS) is 9.57. The number of hydrogen-bond acceptors (Lipinski definition) is 4. The maximum Gasteiger partial charge on any atom is 0.271 e. The van der Waals surface area contributed by atoms with E-state index in [2.05, 4.69) is 21.2 Å². The molecule has 0 saturated heterocycles. The van der Waals surface area contributed by atoms with Crippen molar-refractivity contribution in [2.45, 2.75) is 0 Å². The Kier molecular flexibility index (Phi) is 5.05. The molecule has 0 bridgehead atoms. The Morgan fingerprint density at radius 1 is 1.19 bits per heavy atom. The molecule has 1 aromatic carbocycles. The number of pyridine rings is 1. The van der Waals surface area contributed by atoms with Gasteiger partial charge in [-0.2, -0.15) is 0 Å². The molecular weight excluding hydrogens is 288 g/mol. The molecule has 1 aromatic heterocycles. The molecule has 0 fully saturated rings. The van der Waals surface area contributed by atoms with Crippen molar-refractivity contribution in [3.05, 3.63) is 54.4 Å². The number of amides is 1. The number of hydrazine groups is 1. The van der Waals surface area contributed by atoms with Crippen molar-refractivity contribution < 1.29 is 9.53 Å². The highest BCUT2D eigenvalue weighted by Crippen LogP contribution is 2.22. The fraction of sp³-hybridized carbons (Fsp3) is 0.0714. The zero-order chi connectivity index (χ0) is 15.1. The highest BCUT2D eigenvalue weighted by atomic mass is 32.1. The van der Waals surface area contributed by atoms with Crippen LogP contribution in [0.3, 0.4) is 0 Å². The van der Waals surface area contributed by atoms with Gasteiger partial charge in [-0.3, -0.25) is 20.6 Å². The van der Waals surface area contributed by atoms with Crippen LogP contribution in [0.4, 0.5) is 5.69 Å². The van der Waals surface area contributed by atoms with E-state index in [-0.39, 0.29) is 11.0 Å². The molecular formula is C14H14N4O2S. The van der Waals surface area contributed by atoms with Crippen LogP contribution in [0.1, 0.15) is 10.4 Å². The highest BCUT2D eigenvalue weighted by molar-refractivity contribution is 7.80. The van der Waals surface area contributed by atoms with E-state index in [9.17, 15) is 4.79 Å². The van der Waals surface area contributed by atoms with Gasteiger partial charge < -0.3 is 10.1 Å². The van der Waals surface area contributed by atoms with E-state index >= 15 is 0 Å². The van der Waals surface area contributed by atoms with Crippen LogP contribution in [-0.4, -0.2) is 23.1 Å². The largest absolute Gasteiger partial charge is 0.495 e. The number of aromatic nitrogens is 1. The predicted molar refractivity (Wildman–Crippen MR) is 84.1 cm³/mol. The van der Waals surface area contributed by atoms with Crippen molar-refractivity contribution in [3.8, 4) is 5.75 Å². The van der Waals surface area contributed by atoms with E-state index < -0.39 is 0 Å². The van der Waals surface area contributed by atoms with Crippen LogP contribution < -0.4 is 20.9 Å². The Labute approximate surface area is 127 Å². The molecule has 0 aliphatic rings. The van der Waals surface area contributed by atoms with Gasteiger partial charge in [0.1, 0.15) is 5.75 Å². The maximum atomic E-state index is 11.8. The minimum atomic E-state index is -0.327. The van der Waals surface area contributed by atoms with Gasteiger partial charge >= 0.3 is 0 Å². The zero-order valence-corrected chi connectivity index (χ0v) is 12.1. The van der Waals surface area contributed by atoms with Crippen molar-refractivity contribution in [2.24, 2.45) is 0 Å². The first-order chi connectivity index (χ1) is 10.2. The van der Waals surface area contributed by atoms with Gasteiger partial charge in [-0.1, -0.05) is 12.1 Å². The molecule has 0 atom stereocenters. The molecule has 21 heavy (non-hydrogen) atoms. The fourth-order valence-electron chi connectivity index (χ4n) is 1.58. The smallest absolute Gasteiger partial charge is 0.271 e. The Hall–Kier alpha value is -2.67. The number of nitrogens with zero attached hydrogens (tertiary/aromatic N) is 1. The highest BCUT2D eigenvalue weighted by Gasteiger charge is 2.07. The standard InChI is InChI=1S/C14H14N4O2S/c1-20-12-7-3-2-6-11(12)16-14(21)18-17-13(19)10-5-4-8-15-9-10/h2-9H,1H3,(H,17,19)(H2,16,18,21). The molecule has 0 unspecified atom stereocenters. The van der Waals surface area contributed by atoms with Gasteiger partial charge in [-0.15, -0.1) is 0 Å². The number of ether oxygens (including phenoxy) is 1. The van der Waals surface area contributed by atoms with Crippen molar-refractivity contribution in [2.75, 3.05) is 12.4 Å². The lowest BCUT2D eigenvalue weighted by molar-refractivity contribution is 0.0944. The molecule has 3 N–H and O–H groups in total. The molecule has 0 aliphatic heterocycles. The summed E-state index contributed by atoms with van der Waals surface area (Å²) in [5.41, 5.74) is 6.24. The third-order valence-corrected chi connectivity index (χ3v) is 2.77. The van der Waals surface area contributed by atoms with Crippen molar-refractivity contribution >= 4 is 28.9 Å². The minimum Gasteiger partial charge on any atom is -0.495 e. The van der Waals surface area contributed by atoms with E-state index in [0.717, 1.165) is 0 Å². The van der Waals surface area contributed by atoms with Gasteiger partial charge in [-0.05, 0) is 36.5 Å². The molecule has 0 aliphatic carbocycles. The van der Waals surface area contributed by atoms with Crippen molar-refractivity contribution in [1.82, 2.24) is 15.8 Å². The molecule has 1 heterocycles. The Morgan fingerprint density at radius 2 is 2.00 bits per heavy atom. The van der Waals surface area contributed by atoms with Gasteiger partial charge in [0, 0.05) is 12.4 Å². The zero-order valence-electron chi connectivity index (χ0n) is 11.3. The Bertz CT molecular complexity index is 634. The lowest BCUT2D eigenvalue weighted by atomic mass is 10.3. The summed E-state index contributed by atoms with van der Waals surface area (Å²) in [5.74, 6) is 0.326. The number of anilines is 1. The summed E-state index contributed by atoms with van der Waals surface area (Å²) in [4.78, 5) is 15.7. The van der Waals surface area contributed by atoms with E-state index in [1.54, 1.807) is 31.5 Å². The number of rotatable bonds is 3. The topological polar surface area (TPSA) is 75.3 Å². The second-order valence-electron chi connectivity index (χ2n) is 3.98. The first kappa shape index (κ1) is 14.7. The first-order valence-electron chi connectivity index (χ1n) is 6.11. The van der Waals surface area contributed by atoms with Gasteiger partial charge in [0.25, 0.3) is 5.91 Å². The fourth-order valence-corrected chi connectivity index (χ4v) is 1.75. The van der Waals surface area contributed by atoms with E-state index in [4.69, 9.17) is 17.0 Å². The summed E-state index contributed by atoms with van der Waals surface area (Å²) >= 11 is 5.10. The van der Waals surface area contributed by atoms with Crippen LogP contribution in [0.2, 0.25) is 0 Å². The van der Waals surface area contributed by atoms with Crippen LogP contribution in [-0.2, 0) is 0 Å². The minimum absolute atomic E-state index is 0.247. The molecule has 0 spiro atoms. The molecule has 2 rings (SSSR count). The lowest BCUT2D eigenvalue weighted by Crippen LogP contribution is -2.43. The Morgan fingerprint density at radius 3 is 2.71 bits per heavy atom. The molecule has 0 saturated carbocycles. The molecule has 1 amide bonds. The maximum absolute atomic E-state index is 11.8. The molecule has 6 nitrogen and oxygen atoms in total. The van der Waals surface area contributed by atoms with Crippen LogP contribution >= 0.6 is 12.2 Å². The third kappa shape index (κ3) is 4.15. The number of para-hydroxylation sites is 2. The van der Waals surface area contributed by atoms with Gasteiger partial charge in [0.05, 0.1) is 18.4 Å². The number of nitrogens with one attached hydrogen (secondary N) is 3. The third-order valence-electron chi connectivity index (χ3n) is 2.57. The van der Waals surface area contributed by atoms with Gasteiger partial charge in [-0.25, -0.2) is 0 Å². The molecule has 2 aromatic rings. The van der Waals surface area contributed by atoms with E-state index in [0.29, 0.717) is 17.0 Å². The summed E-state index contributed by atoms with van der Waals surface area (Å²) in [6.07, 6.45) is 3.06. The van der Waals surface area contributed by atoms with Crippen LogP contribution in [0.25, 0.3) is 0 Å². The van der Waals surface area contributed by atoms with Crippen molar-refractivity contribution in [3.63, 3.8) is 0 Å². The number of benzene rings is 1. The second-order valence-corrected chi connectivity index (χ2v) is 4.38.